The van der Waals surface area contributed by atoms with Crippen molar-refractivity contribution in [3.63, 3.8) is 0 Å². The first-order chi connectivity index (χ1) is 9.08. The molecule has 0 saturated carbocycles. The van der Waals surface area contributed by atoms with Crippen LogP contribution < -0.4 is 0 Å². The standard InChI is InChI=1S/C17H25NO/c1-13(2)15-6-8-16(9-7-15)17(19)18-11-4-5-14(3)10-12-18/h6-9,13-14H,4-5,10-12H2,1-3H3. The first-order valence-electron chi connectivity index (χ1n) is 7.47. The number of carbonyl (C=O) groups is 1. The SMILES string of the molecule is CC1CCCN(C(=O)c2ccc(C(C)C)cc2)CC1. The summed E-state index contributed by atoms with van der Waals surface area (Å²) in [7, 11) is 0. The van der Waals surface area contributed by atoms with Gasteiger partial charge in [0.15, 0.2) is 0 Å². The van der Waals surface area contributed by atoms with E-state index in [-0.39, 0.29) is 5.91 Å². The normalized spacial score (nSPS) is 20.4. The van der Waals surface area contributed by atoms with Crippen molar-refractivity contribution in [3.05, 3.63) is 35.4 Å². The monoisotopic (exact) mass is 259 g/mol. The van der Waals surface area contributed by atoms with E-state index in [2.05, 4.69) is 32.9 Å². The molecule has 2 heteroatoms. The van der Waals surface area contributed by atoms with Crippen molar-refractivity contribution in [2.75, 3.05) is 13.1 Å². The highest BCUT2D eigenvalue weighted by atomic mass is 16.2. The van der Waals surface area contributed by atoms with E-state index in [1.165, 1.54) is 12.0 Å². The summed E-state index contributed by atoms with van der Waals surface area (Å²) >= 11 is 0. The third kappa shape index (κ3) is 3.59. The van der Waals surface area contributed by atoms with E-state index in [1.54, 1.807) is 0 Å². The number of likely N-dealkylation sites (tertiary alicyclic amines) is 1. The third-order valence-corrected chi connectivity index (χ3v) is 4.13. The molecule has 0 aromatic heterocycles. The number of hydrogen-bond acceptors (Lipinski definition) is 1. The maximum atomic E-state index is 12.5. The van der Waals surface area contributed by atoms with E-state index in [9.17, 15) is 4.79 Å². The van der Waals surface area contributed by atoms with Crippen molar-refractivity contribution in [2.45, 2.75) is 46.0 Å². The van der Waals surface area contributed by atoms with Crippen molar-refractivity contribution in [1.29, 1.82) is 0 Å². The van der Waals surface area contributed by atoms with E-state index >= 15 is 0 Å². The second-order valence-electron chi connectivity index (χ2n) is 6.10. The maximum Gasteiger partial charge on any atom is 0.253 e. The average Bonchev–Trinajstić information content (AvgIpc) is 2.63. The van der Waals surface area contributed by atoms with Gasteiger partial charge in [-0.3, -0.25) is 4.79 Å². The Balaban J connectivity index is 2.06. The third-order valence-electron chi connectivity index (χ3n) is 4.13. The summed E-state index contributed by atoms with van der Waals surface area (Å²) in [5.74, 6) is 1.47. The molecule has 1 amide bonds. The number of benzene rings is 1. The molecular formula is C17H25NO. The van der Waals surface area contributed by atoms with E-state index < -0.39 is 0 Å². The number of hydrogen-bond donors (Lipinski definition) is 0. The van der Waals surface area contributed by atoms with Crippen LogP contribution in [0.5, 0.6) is 0 Å². The van der Waals surface area contributed by atoms with Crippen LogP contribution in [0.15, 0.2) is 24.3 Å². The molecule has 1 aromatic rings. The predicted molar refractivity (Wildman–Crippen MR) is 79.4 cm³/mol. The quantitative estimate of drug-likeness (QED) is 0.784. The van der Waals surface area contributed by atoms with E-state index in [0.717, 1.165) is 37.4 Å². The Hall–Kier alpha value is -1.31. The zero-order valence-electron chi connectivity index (χ0n) is 12.4. The molecular weight excluding hydrogens is 234 g/mol. The zero-order chi connectivity index (χ0) is 13.8. The van der Waals surface area contributed by atoms with Crippen molar-refractivity contribution < 1.29 is 4.79 Å². The van der Waals surface area contributed by atoms with Gasteiger partial charge >= 0.3 is 0 Å². The Kier molecular flexibility index (Phi) is 4.62. The summed E-state index contributed by atoms with van der Waals surface area (Å²) in [5.41, 5.74) is 2.12. The summed E-state index contributed by atoms with van der Waals surface area (Å²) in [4.78, 5) is 14.5. The van der Waals surface area contributed by atoms with Gasteiger partial charge < -0.3 is 4.90 Å². The van der Waals surface area contributed by atoms with Crippen LogP contribution in [0.2, 0.25) is 0 Å². The molecule has 1 aliphatic heterocycles. The molecule has 1 atom stereocenters. The fourth-order valence-electron chi connectivity index (χ4n) is 2.66. The summed E-state index contributed by atoms with van der Waals surface area (Å²) in [6.07, 6.45) is 3.52. The summed E-state index contributed by atoms with van der Waals surface area (Å²) < 4.78 is 0. The van der Waals surface area contributed by atoms with Gasteiger partial charge in [-0.2, -0.15) is 0 Å². The molecule has 1 aliphatic rings. The molecule has 2 rings (SSSR count). The van der Waals surface area contributed by atoms with Gasteiger partial charge in [0.2, 0.25) is 0 Å². The predicted octanol–water partition coefficient (Wildman–Crippen LogP) is 4.07. The van der Waals surface area contributed by atoms with Crippen molar-refractivity contribution in [2.24, 2.45) is 5.92 Å². The van der Waals surface area contributed by atoms with Gasteiger partial charge in [0.25, 0.3) is 5.91 Å². The largest absolute Gasteiger partial charge is 0.339 e. The average molecular weight is 259 g/mol. The molecule has 1 aromatic carbocycles. The van der Waals surface area contributed by atoms with Crippen LogP contribution >= 0.6 is 0 Å². The van der Waals surface area contributed by atoms with Gasteiger partial charge in [-0.1, -0.05) is 32.9 Å². The smallest absolute Gasteiger partial charge is 0.253 e. The minimum absolute atomic E-state index is 0.199. The van der Waals surface area contributed by atoms with Crippen LogP contribution in [0.1, 0.15) is 61.9 Å². The lowest BCUT2D eigenvalue weighted by Crippen LogP contribution is -2.31. The molecule has 1 fully saturated rings. The number of carbonyl (C=O) groups excluding carboxylic acids is 1. The molecule has 0 bridgehead atoms. The van der Waals surface area contributed by atoms with Crippen LogP contribution in [0.3, 0.4) is 0 Å². The fourth-order valence-corrected chi connectivity index (χ4v) is 2.66. The van der Waals surface area contributed by atoms with Gasteiger partial charge in [-0.25, -0.2) is 0 Å². The van der Waals surface area contributed by atoms with Gasteiger partial charge in [-0.05, 0) is 48.8 Å². The number of amides is 1. The molecule has 0 spiro atoms. The Bertz CT molecular complexity index is 421. The molecule has 1 heterocycles. The first-order valence-corrected chi connectivity index (χ1v) is 7.47. The highest BCUT2D eigenvalue weighted by Gasteiger charge is 2.19. The molecule has 19 heavy (non-hydrogen) atoms. The van der Waals surface area contributed by atoms with Gasteiger partial charge in [0.05, 0.1) is 0 Å². The lowest BCUT2D eigenvalue weighted by Gasteiger charge is -2.20. The van der Waals surface area contributed by atoms with Crippen LogP contribution in [0.25, 0.3) is 0 Å². The van der Waals surface area contributed by atoms with Gasteiger partial charge in [0, 0.05) is 18.7 Å². The second kappa shape index (κ2) is 6.23. The zero-order valence-corrected chi connectivity index (χ0v) is 12.4. The maximum absolute atomic E-state index is 12.5. The van der Waals surface area contributed by atoms with Crippen LogP contribution in [0, 0.1) is 5.92 Å². The summed E-state index contributed by atoms with van der Waals surface area (Å²) in [6.45, 7) is 8.45. The molecule has 0 radical (unpaired) electrons. The fraction of sp³-hybridized carbons (Fsp3) is 0.588. The summed E-state index contributed by atoms with van der Waals surface area (Å²) in [5, 5.41) is 0. The minimum atomic E-state index is 0.199. The van der Waals surface area contributed by atoms with Gasteiger partial charge in [-0.15, -0.1) is 0 Å². The van der Waals surface area contributed by atoms with E-state index in [4.69, 9.17) is 0 Å². The summed E-state index contributed by atoms with van der Waals surface area (Å²) in [6, 6.07) is 8.12. The molecule has 2 nitrogen and oxygen atoms in total. The Morgan fingerprint density at radius 3 is 2.47 bits per heavy atom. The minimum Gasteiger partial charge on any atom is -0.339 e. The van der Waals surface area contributed by atoms with E-state index in [0.29, 0.717) is 5.92 Å². The van der Waals surface area contributed by atoms with Crippen molar-refractivity contribution in [1.82, 2.24) is 4.90 Å². The Morgan fingerprint density at radius 2 is 1.84 bits per heavy atom. The number of rotatable bonds is 2. The van der Waals surface area contributed by atoms with Crippen LogP contribution in [0.4, 0.5) is 0 Å². The Morgan fingerprint density at radius 1 is 1.16 bits per heavy atom. The molecule has 104 valence electrons. The number of nitrogens with zero attached hydrogens (tertiary/aromatic N) is 1. The van der Waals surface area contributed by atoms with Crippen LogP contribution in [-0.4, -0.2) is 23.9 Å². The lowest BCUT2D eigenvalue weighted by atomic mass is 10.0. The van der Waals surface area contributed by atoms with Gasteiger partial charge in [0.1, 0.15) is 0 Å². The second-order valence-corrected chi connectivity index (χ2v) is 6.10. The molecule has 0 aliphatic carbocycles. The molecule has 1 unspecified atom stereocenters. The van der Waals surface area contributed by atoms with Crippen LogP contribution in [-0.2, 0) is 0 Å². The van der Waals surface area contributed by atoms with Crippen molar-refractivity contribution in [3.8, 4) is 0 Å². The first kappa shape index (κ1) is 14.1. The highest BCUT2D eigenvalue weighted by Crippen LogP contribution is 2.19. The van der Waals surface area contributed by atoms with E-state index in [1.807, 2.05) is 17.0 Å². The lowest BCUT2D eigenvalue weighted by molar-refractivity contribution is 0.0760. The molecule has 1 saturated heterocycles. The topological polar surface area (TPSA) is 20.3 Å². The molecule has 0 N–H and O–H groups in total. The Labute approximate surface area is 116 Å². The highest BCUT2D eigenvalue weighted by molar-refractivity contribution is 5.94. The van der Waals surface area contributed by atoms with Crippen molar-refractivity contribution >= 4 is 5.91 Å².